The van der Waals surface area contributed by atoms with Crippen molar-refractivity contribution in [3.63, 3.8) is 0 Å². The molecule has 0 spiro atoms. The van der Waals surface area contributed by atoms with E-state index in [1.165, 1.54) is 18.2 Å². The summed E-state index contributed by atoms with van der Waals surface area (Å²) >= 11 is 0. The van der Waals surface area contributed by atoms with Gasteiger partial charge in [0.15, 0.2) is 5.78 Å². The molecule has 0 aliphatic carbocycles. The molecule has 0 aromatic heterocycles. The molecule has 0 N–H and O–H groups in total. The van der Waals surface area contributed by atoms with Crippen molar-refractivity contribution in [1.29, 1.82) is 0 Å². The van der Waals surface area contributed by atoms with E-state index >= 15 is 0 Å². The summed E-state index contributed by atoms with van der Waals surface area (Å²) in [4.78, 5) is 12.1. The maximum absolute atomic E-state index is 12.1. The number of unbranched alkanes of at least 4 members (excludes halogenated alkanes) is 3. The van der Waals surface area contributed by atoms with Crippen LogP contribution in [0.5, 0.6) is 0 Å². The minimum absolute atomic E-state index is 0.275. The summed E-state index contributed by atoms with van der Waals surface area (Å²) in [6.07, 6.45) is 5.29. The van der Waals surface area contributed by atoms with Crippen molar-refractivity contribution in [3.05, 3.63) is 48.0 Å². The average Bonchev–Trinajstić information content (AvgIpc) is 2.43. The van der Waals surface area contributed by atoms with Gasteiger partial charge in [-0.15, -0.1) is 0 Å². The van der Waals surface area contributed by atoms with Crippen LogP contribution in [0.15, 0.2) is 42.5 Å². The normalized spacial score (nSPS) is 10.7. The fraction of sp³-hybridized carbons (Fsp3) is 0.353. The van der Waals surface area contributed by atoms with E-state index in [2.05, 4.69) is 19.1 Å². The standard InChI is InChI=1S/C17H20O/c1-2-3-4-5-10-17(18)16-12-11-14-8-6-7-9-15(14)13-16/h6-9,11-13H,2-5,10H2,1H3. The zero-order chi connectivity index (χ0) is 12.8. The Morgan fingerprint density at radius 1 is 0.944 bits per heavy atom. The molecule has 0 saturated carbocycles. The van der Waals surface area contributed by atoms with Crippen LogP contribution >= 0.6 is 0 Å². The first-order valence-electron chi connectivity index (χ1n) is 6.83. The van der Waals surface area contributed by atoms with Crippen molar-refractivity contribution < 1.29 is 4.79 Å². The topological polar surface area (TPSA) is 17.1 Å². The number of Topliss-reactive ketones (excluding diaryl/α,β-unsaturated/α-hetero) is 1. The third-order valence-corrected chi connectivity index (χ3v) is 3.33. The lowest BCUT2D eigenvalue weighted by Gasteiger charge is -2.03. The molecule has 94 valence electrons. The highest BCUT2D eigenvalue weighted by Crippen LogP contribution is 2.17. The van der Waals surface area contributed by atoms with Gasteiger partial charge in [-0.25, -0.2) is 0 Å². The highest BCUT2D eigenvalue weighted by atomic mass is 16.1. The van der Waals surface area contributed by atoms with Crippen molar-refractivity contribution in [2.75, 3.05) is 0 Å². The fourth-order valence-electron chi connectivity index (χ4n) is 2.22. The predicted molar refractivity (Wildman–Crippen MR) is 77.0 cm³/mol. The molecule has 2 rings (SSSR count). The van der Waals surface area contributed by atoms with Gasteiger partial charge in [0.05, 0.1) is 0 Å². The third-order valence-electron chi connectivity index (χ3n) is 3.33. The Bertz CT molecular complexity index is 528. The zero-order valence-electron chi connectivity index (χ0n) is 11.0. The van der Waals surface area contributed by atoms with Crippen LogP contribution in [0, 0.1) is 0 Å². The lowest BCUT2D eigenvalue weighted by atomic mass is 10.0. The van der Waals surface area contributed by atoms with Crippen LogP contribution in [-0.2, 0) is 0 Å². The van der Waals surface area contributed by atoms with Crippen LogP contribution < -0.4 is 0 Å². The van der Waals surface area contributed by atoms with Gasteiger partial charge in [-0.3, -0.25) is 4.79 Å². The maximum Gasteiger partial charge on any atom is 0.162 e. The number of rotatable bonds is 6. The summed E-state index contributed by atoms with van der Waals surface area (Å²) in [5.41, 5.74) is 0.852. The van der Waals surface area contributed by atoms with Crippen LogP contribution in [0.25, 0.3) is 10.8 Å². The molecule has 2 aromatic carbocycles. The van der Waals surface area contributed by atoms with Gasteiger partial charge in [-0.2, -0.15) is 0 Å². The van der Waals surface area contributed by atoms with E-state index in [1.807, 2.05) is 30.3 Å². The van der Waals surface area contributed by atoms with E-state index in [0.717, 1.165) is 23.8 Å². The van der Waals surface area contributed by atoms with Gasteiger partial charge in [-0.05, 0) is 23.3 Å². The first-order valence-corrected chi connectivity index (χ1v) is 6.83. The first-order chi connectivity index (χ1) is 8.81. The zero-order valence-corrected chi connectivity index (χ0v) is 11.0. The minimum atomic E-state index is 0.275. The Labute approximate surface area is 109 Å². The van der Waals surface area contributed by atoms with Gasteiger partial charge in [-0.1, -0.05) is 62.6 Å². The summed E-state index contributed by atoms with van der Waals surface area (Å²) in [6.45, 7) is 2.19. The number of hydrogen-bond donors (Lipinski definition) is 0. The second kappa shape index (κ2) is 6.34. The molecule has 0 radical (unpaired) electrons. The van der Waals surface area contributed by atoms with Crippen LogP contribution in [0.2, 0.25) is 0 Å². The summed E-state index contributed by atoms with van der Waals surface area (Å²) < 4.78 is 0. The van der Waals surface area contributed by atoms with Crippen LogP contribution in [-0.4, -0.2) is 5.78 Å². The molecular weight excluding hydrogens is 220 g/mol. The number of benzene rings is 2. The highest BCUT2D eigenvalue weighted by molar-refractivity contribution is 5.99. The van der Waals surface area contributed by atoms with E-state index < -0.39 is 0 Å². The molecule has 0 heterocycles. The molecule has 0 aliphatic heterocycles. The van der Waals surface area contributed by atoms with Gasteiger partial charge in [0, 0.05) is 12.0 Å². The second-order valence-corrected chi connectivity index (χ2v) is 4.80. The molecule has 0 unspecified atom stereocenters. The molecule has 18 heavy (non-hydrogen) atoms. The minimum Gasteiger partial charge on any atom is -0.294 e. The van der Waals surface area contributed by atoms with Gasteiger partial charge >= 0.3 is 0 Å². The van der Waals surface area contributed by atoms with Crippen molar-refractivity contribution >= 4 is 16.6 Å². The molecule has 0 atom stereocenters. The average molecular weight is 240 g/mol. The Morgan fingerprint density at radius 3 is 2.50 bits per heavy atom. The number of fused-ring (bicyclic) bond motifs is 1. The van der Waals surface area contributed by atoms with Crippen LogP contribution in [0.3, 0.4) is 0 Å². The Kier molecular flexibility index (Phi) is 4.52. The SMILES string of the molecule is CCCCCCC(=O)c1ccc2ccccc2c1. The molecule has 1 heteroatoms. The predicted octanol–water partition coefficient (Wildman–Crippen LogP) is 4.99. The monoisotopic (exact) mass is 240 g/mol. The summed E-state index contributed by atoms with van der Waals surface area (Å²) in [6, 6.07) is 14.2. The Morgan fingerprint density at radius 2 is 1.72 bits per heavy atom. The lowest BCUT2D eigenvalue weighted by molar-refractivity contribution is 0.0979. The van der Waals surface area contributed by atoms with Crippen molar-refractivity contribution in [2.24, 2.45) is 0 Å². The first kappa shape index (κ1) is 12.8. The summed E-state index contributed by atoms with van der Waals surface area (Å²) in [5, 5.41) is 2.34. The van der Waals surface area contributed by atoms with Crippen molar-refractivity contribution in [1.82, 2.24) is 0 Å². The van der Waals surface area contributed by atoms with Gasteiger partial charge in [0.25, 0.3) is 0 Å². The van der Waals surface area contributed by atoms with Crippen LogP contribution in [0.4, 0.5) is 0 Å². The van der Waals surface area contributed by atoms with E-state index in [4.69, 9.17) is 0 Å². The highest BCUT2D eigenvalue weighted by Gasteiger charge is 2.05. The second-order valence-electron chi connectivity index (χ2n) is 4.80. The van der Waals surface area contributed by atoms with E-state index in [0.29, 0.717) is 6.42 Å². The molecule has 0 bridgehead atoms. The smallest absolute Gasteiger partial charge is 0.162 e. The number of carbonyl (C=O) groups excluding carboxylic acids is 1. The number of carbonyl (C=O) groups is 1. The molecular formula is C17H20O. The van der Waals surface area contributed by atoms with Gasteiger partial charge in [0.1, 0.15) is 0 Å². The Hall–Kier alpha value is -1.63. The lowest BCUT2D eigenvalue weighted by Crippen LogP contribution is -1.98. The van der Waals surface area contributed by atoms with Gasteiger partial charge < -0.3 is 0 Å². The summed E-state index contributed by atoms with van der Waals surface area (Å²) in [5.74, 6) is 0.275. The molecule has 0 amide bonds. The van der Waals surface area contributed by atoms with E-state index in [-0.39, 0.29) is 5.78 Å². The molecule has 2 aromatic rings. The number of ketones is 1. The van der Waals surface area contributed by atoms with Crippen molar-refractivity contribution in [2.45, 2.75) is 39.0 Å². The van der Waals surface area contributed by atoms with Gasteiger partial charge in [0.2, 0.25) is 0 Å². The molecule has 0 aliphatic rings. The van der Waals surface area contributed by atoms with Crippen molar-refractivity contribution in [3.8, 4) is 0 Å². The summed E-state index contributed by atoms with van der Waals surface area (Å²) in [7, 11) is 0. The Balaban J connectivity index is 2.04. The molecule has 0 saturated heterocycles. The van der Waals surface area contributed by atoms with E-state index in [1.54, 1.807) is 0 Å². The maximum atomic E-state index is 12.1. The largest absolute Gasteiger partial charge is 0.294 e. The quantitative estimate of drug-likeness (QED) is 0.513. The van der Waals surface area contributed by atoms with E-state index in [9.17, 15) is 4.79 Å². The third kappa shape index (κ3) is 3.19. The fourth-order valence-corrected chi connectivity index (χ4v) is 2.22. The molecule has 1 nitrogen and oxygen atoms in total. The van der Waals surface area contributed by atoms with Crippen LogP contribution in [0.1, 0.15) is 49.4 Å². The molecule has 0 fully saturated rings. The number of hydrogen-bond acceptors (Lipinski definition) is 1.